The molecule has 0 saturated carbocycles. The van der Waals surface area contributed by atoms with Crippen LogP contribution in [-0.2, 0) is 6.54 Å². The Morgan fingerprint density at radius 1 is 1.10 bits per heavy atom. The Bertz CT molecular complexity index is 805. The molecule has 0 aliphatic heterocycles. The minimum absolute atomic E-state index is 0.111. The van der Waals surface area contributed by atoms with Crippen LogP contribution in [0.2, 0.25) is 0 Å². The van der Waals surface area contributed by atoms with Gasteiger partial charge in [0, 0.05) is 6.54 Å². The zero-order valence-corrected chi connectivity index (χ0v) is 11.5. The number of benzene rings is 2. The first-order valence-corrected chi connectivity index (χ1v) is 6.57. The molecule has 0 amide bonds. The predicted octanol–water partition coefficient (Wildman–Crippen LogP) is 3.33. The normalized spacial score (nSPS) is 10.8. The molecule has 0 saturated heterocycles. The fraction of sp³-hybridized carbons (Fsp3) is 0.125. The van der Waals surface area contributed by atoms with Gasteiger partial charge in [-0.05, 0) is 36.8 Å². The lowest BCUT2D eigenvalue weighted by Gasteiger charge is -2.09. The Hall–Kier alpha value is -2.53. The van der Waals surface area contributed by atoms with E-state index < -0.39 is 5.82 Å². The number of nitrogens with zero attached hydrogens (tertiary/aromatic N) is 2. The maximum atomic E-state index is 13.9. The van der Waals surface area contributed by atoms with Crippen molar-refractivity contribution in [1.82, 2.24) is 9.97 Å². The molecule has 0 fully saturated rings. The van der Waals surface area contributed by atoms with Crippen LogP contribution in [0.1, 0.15) is 11.3 Å². The molecular formula is C16H14FN3O. The highest BCUT2D eigenvalue weighted by molar-refractivity contribution is 5.74. The van der Waals surface area contributed by atoms with Crippen molar-refractivity contribution in [2.45, 2.75) is 13.5 Å². The molecule has 2 N–H and O–H groups in total. The van der Waals surface area contributed by atoms with Gasteiger partial charge in [-0.15, -0.1) is 0 Å². The first-order valence-electron chi connectivity index (χ1n) is 6.57. The highest BCUT2D eigenvalue weighted by Gasteiger charge is 2.11. The van der Waals surface area contributed by atoms with Crippen molar-refractivity contribution in [3.05, 3.63) is 59.5 Å². The number of fused-ring (bicyclic) bond motifs is 1. The average molecular weight is 283 g/mol. The van der Waals surface area contributed by atoms with Crippen molar-refractivity contribution in [3.8, 4) is 11.6 Å². The molecule has 4 nitrogen and oxygen atoms in total. The Morgan fingerprint density at radius 2 is 1.81 bits per heavy atom. The number of rotatable bonds is 3. The summed E-state index contributed by atoms with van der Waals surface area (Å²) in [4.78, 5) is 8.78. The number of nitrogens with two attached hydrogens (primary N) is 1. The van der Waals surface area contributed by atoms with Gasteiger partial charge in [0.05, 0.1) is 11.0 Å². The molecule has 0 bridgehead atoms. The molecule has 0 unspecified atom stereocenters. The van der Waals surface area contributed by atoms with Crippen LogP contribution >= 0.6 is 0 Å². The molecule has 2 aromatic carbocycles. The molecule has 5 heteroatoms. The molecule has 0 spiro atoms. The van der Waals surface area contributed by atoms with E-state index in [1.165, 1.54) is 6.07 Å². The molecule has 3 aromatic rings. The highest BCUT2D eigenvalue weighted by Crippen LogP contribution is 2.27. The lowest BCUT2D eigenvalue weighted by atomic mass is 10.2. The molecule has 0 aliphatic carbocycles. The minimum atomic E-state index is -0.465. The van der Waals surface area contributed by atoms with Gasteiger partial charge >= 0.3 is 0 Å². The number of ether oxygens (including phenoxy) is 1. The second-order valence-electron chi connectivity index (χ2n) is 4.67. The Kier molecular flexibility index (Phi) is 3.50. The first-order chi connectivity index (χ1) is 10.2. The Labute approximate surface area is 121 Å². The average Bonchev–Trinajstić information content (AvgIpc) is 2.49. The van der Waals surface area contributed by atoms with Crippen LogP contribution in [0.3, 0.4) is 0 Å². The lowest BCUT2D eigenvalue weighted by Crippen LogP contribution is -2.00. The summed E-state index contributed by atoms with van der Waals surface area (Å²) < 4.78 is 19.5. The number of para-hydroxylation sites is 2. The molecule has 0 radical (unpaired) electrons. The van der Waals surface area contributed by atoms with Gasteiger partial charge in [-0.25, -0.2) is 14.4 Å². The number of hydrogen-bond donors (Lipinski definition) is 1. The van der Waals surface area contributed by atoms with Crippen molar-refractivity contribution in [2.75, 3.05) is 0 Å². The number of hydrogen-bond acceptors (Lipinski definition) is 4. The fourth-order valence-electron chi connectivity index (χ4n) is 2.03. The maximum Gasteiger partial charge on any atom is 0.241 e. The van der Waals surface area contributed by atoms with E-state index in [1.807, 2.05) is 24.3 Å². The highest BCUT2D eigenvalue weighted by atomic mass is 19.1. The molecule has 106 valence electrons. The van der Waals surface area contributed by atoms with E-state index in [1.54, 1.807) is 19.1 Å². The minimum Gasteiger partial charge on any atom is -0.434 e. The summed E-state index contributed by atoms with van der Waals surface area (Å²) in [5, 5.41) is 0. The van der Waals surface area contributed by atoms with Gasteiger partial charge in [-0.1, -0.05) is 18.2 Å². The standard InChI is InChI=1S/C16H14FN3O/c1-10-16(20-14-5-3-2-4-13(14)19-10)21-15-7-6-11(9-18)8-12(15)17/h2-8H,9,18H2,1H3. The largest absolute Gasteiger partial charge is 0.434 e. The molecular weight excluding hydrogens is 269 g/mol. The Morgan fingerprint density at radius 3 is 2.48 bits per heavy atom. The first kappa shape index (κ1) is 13.5. The van der Waals surface area contributed by atoms with Crippen LogP contribution < -0.4 is 10.5 Å². The van der Waals surface area contributed by atoms with Gasteiger partial charge < -0.3 is 10.5 Å². The summed E-state index contributed by atoms with van der Waals surface area (Å²) in [5.74, 6) is -0.0553. The topological polar surface area (TPSA) is 61.0 Å². The molecule has 21 heavy (non-hydrogen) atoms. The monoisotopic (exact) mass is 283 g/mol. The van der Waals surface area contributed by atoms with Gasteiger partial charge in [0.2, 0.25) is 5.88 Å². The SMILES string of the molecule is Cc1nc2ccccc2nc1Oc1ccc(CN)cc1F. The zero-order valence-electron chi connectivity index (χ0n) is 11.5. The van der Waals surface area contributed by atoms with Crippen molar-refractivity contribution in [3.63, 3.8) is 0 Å². The van der Waals surface area contributed by atoms with E-state index in [2.05, 4.69) is 9.97 Å². The number of aryl methyl sites for hydroxylation is 1. The third-order valence-electron chi connectivity index (χ3n) is 3.14. The summed E-state index contributed by atoms with van der Waals surface area (Å²) in [6.45, 7) is 2.06. The van der Waals surface area contributed by atoms with Crippen LogP contribution in [0, 0.1) is 12.7 Å². The van der Waals surface area contributed by atoms with E-state index in [-0.39, 0.29) is 12.3 Å². The predicted molar refractivity (Wildman–Crippen MR) is 78.6 cm³/mol. The van der Waals surface area contributed by atoms with Crippen molar-refractivity contribution < 1.29 is 9.13 Å². The van der Waals surface area contributed by atoms with Crippen LogP contribution in [-0.4, -0.2) is 9.97 Å². The van der Waals surface area contributed by atoms with E-state index >= 15 is 0 Å². The van der Waals surface area contributed by atoms with Crippen molar-refractivity contribution in [2.24, 2.45) is 5.73 Å². The molecule has 1 heterocycles. The zero-order chi connectivity index (χ0) is 14.8. The molecule has 0 aliphatic rings. The second kappa shape index (κ2) is 5.46. The van der Waals surface area contributed by atoms with Crippen LogP contribution in [0.5, 0.6) is 11.6 Å². The van der Waals surface area contributed by atoms with E-state index in [0.29, 0.717) is 22.7 Å². The number of halogens is 1. The van der Waals surface area contributed by atoms with Crippen LogP contribution in [0.15, 0.2) is 42.5 Å². The fourth-order valence-corrected chi connectivity index (χ4v) is 2.03. The summed E-state index contributed by atoms with van der Waals surface area (Å²) in [5.41, 5.74) is 8.28. The smallest absolute Gasteiger partial charge is 0.241 e. The van der Waals surface area contributed by atoms with E-state index in [0.717, 1.165) is 5.52 Å². The van der Waals surface area contributed by atoms with Crippen LogP contribution in [0.4, 0.5) is 4.39 Å². The van der Waals surface area contributed by atoms with E-state index in [9.17, 15) is 4.39 Å². The molecule has 1 aromatic heterocycles. The van der Waals surface area contributed by atoms with E-state index in [4.69, 9.17) is 10.5 Å². The van der Waals surface area contributed by atoms with Gasteiger partial charge in [0.1, 0.15) is 5.69 Å². The Balaban J connectivity index is 1.99. The van der Waals surface area contributed by atoms with Gasteiger partial charge in [0.25, 0.3) is 0 Å². The van der Waals surface area contributed by atoms with Crippen molar-refractivity contribution in [1.29, 1.82) is 0 Å². The summed E-state index contributed by atoms with van der Waals surface area (Å²) >= 11 is 0. The summed E-state index contributed by atoms with van der Waals surface area (Å²) in [6.07, 6.45) is 0. The quantitative estimate of drug-likeness (QED) is 0.801. The van der Waals surface area contributed by atoms with Gasteiger partial charge in [-0.3, -0.25) is 0 Å². The van der Waals surface area contributed by atoms with Crippen molar-refractivity contribution >= 4 is 11.0 Å². The third-order valence-corrected chi connectivity index (χ3v) is 3.14. The maximum absolute atomic E-state index is 13.9. The summed E-state index contributed by atoms with van der Waals surface area (Å²) in [6, 6.07) is 12.1. The van der Waals surface area contributed by atoms with Gasteiger partial charge in [-0.2, -0.15) is 0 Å². The van der Waals surface area contributed by atoms with Crippen LogP contribution in [0.25, 0.3) is 11.0 Å². The summed E-state index contributed by atoms with van der Waals surface area (Å²) in [7, 11) is 0. The molecule has 0 atom stereocenters. The lowest BCUT2D eigenvalue weighted by molar-refractivity contribution is 0.423. The van der Waals surface area contributed by atoms with Gasteiger partial charge in [0.15, 0.2) is 11.6 Å². The third kappa shape index (κ3) is 2.68. The number of aromatic nitrogens is 2. The molecule has 3 rings (SSSR count). The second-order valence-corrected chi connectivity index (χ2v) is 4.67.